The Kier molecular flexibility index (Phi) is 5.76. The second kappa shape index (κ2) is 7.85. The van der Waals surface area contributed by atoms with E-state index in [0.717, 1.165) is 43.4 Å². The molecule has 1 saturated heterocycles. The van der Waals surface area contributed by atoms with Crippen molar-refractivity contribution in [3.8, 4) is 0 Å². The van der Waals surface area contributed by atoms with Gasteiger partial charge in [0.1, 0.15) is 0 Å². The van der Waals surface area contributed by atoms with Gasteiger partial charge in [0.25, 0.3) is 0 Å². The zero-order valence-corrected chi connectivity index (χ0v) is 15.7. The third kappa shape index (κ3) is 3.88. The molecule has 0 spiro atoms. The Balaban J connectivity index is 1.58. The highest BCUT2D eigenvalue weighted by atomic mass is 16.5. The first kappa shape index (κ1) is 18.4. The minimum Gasteiger partial charge on any atom is -0.379 e. The van der Waals surface area contributed by atoms with E-state index < -0.39 is 0 Å². The van der Waals surface area contributed by atoms with Crippen LogP contribution < -0.4 is 10.6 Å². The van der Waals surface area contributed by atoms with Crippen molar-refractivity contribution in [3.05, 3.63) is 11.4 Å². The molecule has 0 aromatic carbocycles. The van der Waals surface area contributed by atoms with E-state index in [1.165, 1.54) is 25.7 Å². The summed E-state index contributed by atoms with van der Waals surface area (Å²) < 4.78 is 5.53. The molecule has 1 aliphatic carbocycles. The number of ether oxygens (including phenoxy) is 1. The molecular weight excluding hydrogens is 318 g/mol. The number of carbonyl (C=O) groups excluding carboxylic acids is 1. The molecule has 0 radical (unpaired) electrons. The fourth-order valence-electron chi connectivity index (χ4n) is 4.37. The van der Waals surface area contributed by atoms with Crippen LogP contribution >= 0.6 is 0 Å². The van der Waals surface area contributed by atoms with E-state index >= 15 is 0 Å². The Hall–Kier alpha value is -1.44. The number of morpholine rings is 1. The minimum absolute atomic E-state index is 0.0189. The Bertz CT molecular complexity index is 569. The quantitative estimate of drug-likeness (QED) is 0.726. The van der Waals surface area contributed by atoms with Crippen LogP contribution in [0.25, 0.3) is 0 Å². The fraction of sp³-hybridized carbons (Fsp3) is 0.778. The second-order valence-electron chi connectivity index (χ2n) is 7.37. The first-order chi connectivity index (χ1) is 12.0. The van der Waals surface area contributed by atoms with Crippen molar-refractivity contribution in [3.63, 3.8) is 0 Å². The maximum atomic E-state index is 12.4. The van der Waals surface area contributed by atoms with Gasteiger partial charge in [0.15, 0.2) is 0 Å². The van der Waals surface area contributed by atoms with Gasteiger partial charge in [0.2, 0.25) is 5.91 Å². The number of carbonyl (C=O) groups is 1. The number of aromatic amines is 1. The molecule has 2 aliphatic rings. The van der Waals surface area contributed by atoms with Crippen molar-refractivity contribution in [2.75, 3.05) is 38.2 Å². The maximum absolute atomic E-state index is 12.4. The SMILES string of the molecule is Cc1n[nH]c(C)c1NC(=O)CNC(C)C1(N2CCOCC2)CCCC1. The van der Waals surface area contributed by atoms with Crippen molar-refractivity contribution in [1.29, 1.82) is 0 Å². The first-order valence-electron chi connectivity index (χ1n) is 9.40. The molecule has 7 nitrogen and oxygen atoms in total. The summed E-state index contributed by atoms with van der Waals surface area (Å²) in [5, 5.41) is 13.5. The average Bonchev–Trinajstić information content (AvgIpc) is 3.24. The summed E-state index contributed by atoms with van der Waals surface area (Å²) in [5.41, 5.74) is 2.66. The number of nitrogens with zero attached hydrogens (tertiary/aromatic N) is 2. The molecule has 2 heterocycles. The highest BCUT2D eigenvalue weighted by Crippen LogP contribution is 2.38. The van der Waals surface area contributed by atoms with Crippen molar-refractivity contribution in [2.45, 2.75) is 58.0 Å². The molecule has 1 aromatic heterocycles. The number of hydrogen-bond acceptors (Lipinski definition) is 5. The summed E-state index contributed by atoms with van der Waals surface area (Å²) in [6.45, 7) is 9.96. The molecule has 1 saturated carbocycles. The molecule has 1 aliphatic heterocycles. The zero-order valence-electron chi connectivity index (χ0n) is 15.7. The molecular formula is C18H31N5O2. The van der Waals surface area contributed by atoms with Crippen LogP contribution in [-0.2, 0) is 9.53 Å². The van der Waals surface area contributed by atoms with Gasteiger partial charge in [-0.2, -0.15) is 5.10 Å². The number of anilines is 1. The third-order valence-electron chi connectivity index (χ3n) is 5.88. The molecule has 7 heteroatoms. The topological polar surface area (TPSA) is 82.3 Å². The van der Waals surface area contributed by atoms with E-state index in [9.17, 15) is 4.79 Å². The van der Waals surface area contributed by atoms with E-state index in [0.29, 0.717) is 6.54 Å². The van der Waals surface area contributed by atoms with Crippen molar-refractivity contribution in [2.24, 2.45) is 0 Å². The van der Waals surface area contributed by atoms with E-state index in [-0.39, 0.29) is 17.5 Å². The van der Waals surface area contributed by atoms with E-state index in [1.807, 2.05) is 13.8 Å². The van der Waals surface area contributed by atoms with Crippen LogP contribution in [0.1, 0.15) is 44.0 Å². The second-order valence-corrected chi connectivity index (χ2v) is 7.37. The maximum Gasteiger partial charge on any atom is 0.238 e. The minimum atomic E-state index is -0.0189. The predicted octanol–water partition coefficient (Wildman–Crippen LogP) is 1.59. The number of aryl methyl sites for hydroxylation is 2. The van der Waals surface area contributed by atoms with Crippen LogP contribution in [0.4, 0.5) is 5.69 Å². The van der Waals surface area contributed by atoms with Gasteiger partial charge in [-0.1, -0.05) is 12.8 Å². The summed E-state index contributed by atoms with van der Waals surface area (Å²) in [5.74, 6) is -0.0189. The van der Waals surface area contributed by atoms with Gasteiger partial charge in [0.05, 0.1) is 36.8 Å². The summed E-state index contributed by atoms with van der Waals surface area (Å²) >= 11 is 0. The first-order valence-corrected chi connectivity index (χ1v) is 9.40. The lowest BCUT2D eigenvalue weighted by Gasteiger charge is -2.47. The fourth-order valence-corrected chi connectivity index (χ4v) is 4.37. The monoisotopic (exact) mass is 349 g/mol. The Morgan fingerprint density at radius 2 is 2.00 bits per heavy atom. The summed E-state index contributed by atoms with van der Waals surface area (Å²) in [4.78, 5) is 15.0. The summed E-state index contributed by atoms with van der Waals surface area (Å²) in [6.07, 6.45) is 4.93. The largest absolute Gasteiger partial charge is 0.379 e. The molecule has 140 valence electrons. The zero-order chi connectivity index (χ0) is 17.9. The number of rotatable bonds is 6. The molecule has 3 rings (SSSR count). The normalized spacial score (nSPS) is 22.0. The number of nitrogens with one attached hydrogen (secondary N) is 3. The molecule has 3 N–H and O–H groups in total. The number of H-pyrrole nitrogens is 1. The highest BCUT2D eigenvalue weighted by Gasteiger charge is 2.44. The lowest BCUT2D eigenvalue weighted by atomic mass is 9.86. The lowest BCUT2D eigenvalue weighted by molar-refractivity contribution is -0.115. The molecule has 1 amide bonds. The standard InChI is InChI=1S/C18H31N5O2/c1-13-17(14(2)22-21-13)20-16(24)12-19-15(3)18(6-4-5-7-18)23-8-10-25-11-9-23/h15,19H,4-12H2,1-3H3,(H,20,24)(H,21,22). The Morgan fingerprint density at radius 3 is 2.60 bits per heavy atom. The van der Waals surface area contributed by atoms with Gasteiger partial charge in [-0.3, -0.25) is 14.8 Å². The predicted molar refractivity (Wildman–Crippen MR) is 97.7 cm³/mol. The molecule has 25 heavy (non-hydrogen) atoms. The van der Waals surface area contributed by atoms with E-state index in [1.54, 1.807) is 0 Å². The highest BCUT2D eigenvalue weighted by molar-refractivity contribution is 5.93. The Labute approximate surface area is 149 Å². The van der Waals surface area contributed by atoms with Crippen LogP contribution in [0.2, 0.25) is 0 Å². The van der Waals surface area contributed by atoms with Crippen LogP contribution in [-0.4, -0.2) is 65.4 Å². The van der Waals surface area contributed by atoms with E-state index in [4.69, 9.17) is 4.74 Å². The average molecular weight is 349 g/mol. The van der Waals surface area contributed by atoms with Gasteiger partial charge >= 0.3 is 0 Å². The summed E-state index contributed by atoms with van der Waals surface area (Å²) in [7, 11) is 0. The number of amides is 1. The van der Waals surface area contributed by atoms with Gasteiger partial charge in [-0.25, -0.2) is 0 Å². The van der Waals surface area contributed by atoms with E-state index in [2.05, 4.69) is 32.7 Å². The smallest absolute Gasteiger partial charge is 0.238 e. The number of aromatic nitrogens is 2. The lowest BCUT2D eigenvalue weighted by Crippen LogP contribution is -2.62. The van der Waals surface area contributed by atoms with Crippen LogP contribution in [0.3, 0.4) is 0 Å². The molecule has 1 atom stereocenters. The van der Waals surface area contributed by atoms with Crippen molar-refractivity contribution >= 4 is 11.6 Å². The van der Waals surface area contributed by atoms with Gasteiger partial charge < -0.3 is 15.4 Å². The molecule has 0 bridgehead atoms. The van der Waals surface area contributed by atoms with Crippen LogP contribution in [0.15, 0.2) is 0 Å². The van der Waals surface area contributed by atoms with Gasteiger partial charge in [0, 0.05) is 24.7 Å². The third-order valence-corrected chi connectivity index (χ3v) is 5.88. The molecule has 1 aromatic rings. The van der Waals surface area contributed by atoms with Crippen LogP contribution in [0, 0.1) is 13.8 Å². The van der Waals surface area contributed by atoms with Crippen molar-refractivity contribution < 1.29 is 9.53 Å². The van der Waals surface area contributed by atoms with Crippen molar-refractivity contribution in [1.82, 2.24) is 20.4 Å². The molecule has 2 fully saturated rings. The molecule has 1 unspecified atom stereocenters. The van der Waals surface area contributed by atoms with Gasteiger partial charge in [-0.05, 0) is 33.6 Å². The van der Waals surface area contributed by atoms with Crippen LogP contribution in [0.5, 0.6) is 0 Å². The number of hydrogen-bond donors (Lipinski definition) is 3. The Morgan fingerprint density at radius 1 is 1.32 bits per heavy atom. The summed E-state index contributed by atoms with van der Waals surface area (Å²) in [6, 6.07) is 0.269. The van der Waals surface area contributed by atoms with Gasteiger partial charge in [-0.15, -0.1) is 0 Å².